The fraction of sp³-hybridized carbons (Fsp3) is 0.600. The van der Waals surface area contributed by atoms with Crippen LogP contribution in [0.25, 0.3) is 0 Å². The zero-order chi connectivity index (χ0) is 12.5. The summed E-state index contributed by atoms with van der Waals surface area (Å²) >= 11 is 0. The number of hydrogen-bond donors (Lipinski definition) is 1. The Kier molecular flexibility index (Phi) is 6.90. The van der Waals surface area contributed by atoms with Crippen LogP contribution >= 0.6 is 0 Å². The van der Waals surface area contributed by atoms with Crippen LogP contribution in [0.2, 0.25) is 0 Å². The molecule has 1 aromatic rings. The third-order valence-corrected chi connectivity index (χ3v) is 3.04. The molecule has 0 amide bonds. The van der Waals surface area contributed by atoms with Gasteiger partial charge in [0.25, 0.3) is 0 Å². The van der Waals surface area contributed by atoms with Crippen LogP contribution in [-0.2, 0) is 11.2 Å². The van der Waals surface area contributed by atoms with Gasteiger partial charge in [-0.05, 0) is 37.2 Å². The van der Waals surface area contributed by atoms with E-state index in [9.17, 15) is 0 Å². The number of nitrogens with two attached hydrogens (primary N) is 1. The van der Waals surface area contributed by atoms with Crippen molar-refractivity contribution in [2.75, 3.05) is 13.7 Å². The van der Waals surface area contributed by atoms with Crippen molar-refractivity contribution >= 4 is 0 Å². The van der Waals surface area contributed by atoms with Crippen molar-refractivity contribution in [2.24, 2.45) is 11.7 Å². The first-order valence-electron chi connectivity index (χ1n) is 6.50. The smallest absolute Gasteiger partial charge is 0.0488 e. The molecule has 0 saturated carbocycles. The summed E-state index contributed by atoms with van der Waals surface area (Å²) in [5.41, 5.74) is 7.52. The third-order valence-electron chi connectivity index (χ3n) is 3.04. The van der Waals surface area contributed by atoms with Crippen molar-refractivity contribution in [3.8, 4) is 0 Å². The molecule has 0 aliphatic rings. The molecule has 0 radical (unpaired) electrons. The lowest BCUT2D eigenvalue weighted by atomic mass is 9.97. The molecule has 96 valence electrons. The second kappa shape index (κ2) is 8.26. The molecule has 2 unspecified atom stereocenters. The number of rotatable bonds is 8. The number of aryl methyl sites for hydroxylation is 1. The molecule has 2 N–H and O–H groups in total. The van der Waals surface area contributed by atoms with Gasteiger partial charge < -0.3 is 10.5 Å². The highest BCUT2D eigenvalue weighted by molar-refractivity contribution is 5.14. The van der Waals surface area contributed by atoms with E-state index in [1.165, 1.54) is 12.0 Å². The Balaban J connectivity index is 2.14. The first-order chi connectivity index (χ1) is 8.22. The standard InChI is InChI=1S/C15H25NO/c1-13(12-17-2)11-15(16)10-6-9-14-7-4-3-5-8-14/h3-5,7-8,13,15H,6,9-12,16H2,1-2H3. The van der Waals surface area contributed by atoms with E-state index < -0.39 is 0 Å². The molecule has 1 rings (SSSR count). The highest BCUT2D eigenvalue weighted by Crippen LogP contribution is 2.11. The minimum atomic E-state index is 0.309. The molecular formula is C15H25NO. The quantitative estimate of drug-likeness (QED) is 0.751. The summed E-state index contributed by atoms with van der Waals surface area (Å²) in [5, 5.41) is 0. The first-order valence-corrected chi connectivity index (χ1v) is 6.50. The summed E-state index contributed by atoms with van der Waals surface area (Å²) in [6, 6.07) is 10.9. The van der Waals surface area contributed by atoms with Gasteiger partial charge in [0.2, 0.25) is 0 Å². The Bertz CT molecular complexity index is 286. The fourth-order valence-corrected chi connectivity index (χ4v) is 2.20. The summed E-state index contributed by atoms with van der Waals surface area (Å²) in [4.78, 5) is 0. The highest BCUT2D eigenvalue weighted by Gasteiger charge is 2.08. The molecule has 0 spiro atoms. The van der Waals surface area contributed by atoms with Gasteiger partial charge in [0.1, 0.15) is 0 Å². The van der Waals surface area contributed by atoms with Crippen LogP contribution in [-0.4, -0.2) is 19.8 Å². The van der Waals surface area contributed by atoms with Gasteiger partial charge in [-0.2, -0.15) is 0 Å². The molecule has 0 aromatic heterocycles. The summed E-state index contributed by atoms with van der Waals surface area (Å²) in [7, 11) is 1.75. The fourth-order valence-electron chi connectivity index (χ4n) is 2.20. The summed E-state index contributed by atoms with van der Waals surface area (Å²) in [6.07, 6.45) is 4.46. The van der Waals surface area contributed by atoms with Gasteiger partial charge in [-0.25, -0.2) is 0 Å². The zero-order valence-electron chi connectivity index (χ0n) is 11.1. The maximum Gasteiger partial charge on any atom is 0.0488 e. The minimum absolute atomic E-state index is 0.309. The molecule has 0 bridgehead atoms. The van der Waals surface area contributed by atoms with E-state index in [1.807, 2.05) is 0 Å². The van der Waals surface area contributed by atoms with Crippen molar-refractivity contribution in [3.05, 3.63) is 35.9 Å². The second-order valence-corrected chi connectivity index (χ2v) is 4.93. The van der Waals surface area contributed by atoms with Crippen LogP contribution in [0, 0.1) is 5.92 Å². The van der Waals surface area contributed by atoms with Gasteiger partial charge >= 0.3 is 0 Å². The lowest BCUT2D eigenvalue weighted by Crippen LogP contribution is -2.24. The van der Waals surface area contributed by atoms with Gasteiger partial charge in [-0.1, -0.05) is 37.3 Å². The van der Waals surface area contributed by atoms with Gasteiger partial charge in [-0.15, -0.1) is 0 Å². The van der Waals surface area contributed by atoms with Crippen molar-refractivity contribution in [1.82, 2.24) is 0 Å². The zero-order valence-corrected chi connectivity index (χ0v) is 11.1. The number of benzene rings is 1. The SMILES string of the molecule is COCC(C)CC(N)CCCc1ccccc1. The molecule has 0 fully saturated rings. The summed E-state index contributed by atoms with van der Waals surface area (Å²) < 4.78 is 5.12. The first kappa shape index (κ1) is 14.2. The predicted molar refractivity (Wildman–Crippen MR) is 73.0 cm³/mol. The summed E-state index contributed by atoms with van der Waals surface area (Å²) in [6.45, 7) is 3.01. The van der Waals surface area contributed by atoms with Crippen LogP contribution in [0.3, 0.4) is 0 Å². The monoisotopic (exact) mass is 235 g/mol. The van der Waals surface area contributed by atoms with Crippen LogP contribution < -0.4 is 5.73 Å². The molecule has 0 saturated heterocycles. The van der Waals surface area contributed by atoms with Crippen LogP contribution in [0.1, 0.15) is 31.7 Å². The Morgan fingerprint density at radius 2 is 1.94 bits per heavy atom. The Hall–Kier alpha value is -0.860. The molecule has 1 aromatic carbocycles. The third kappa shape index (κ3) is 6.44. The molecule has 2 atom stereocenters. The number of ether oxygens (including phenoxy) is 1. The van der Waals surface area contributed by atoms with E-state index in [4.69, 9.17) is 10.5 Å². The van der Waals surface area contributed by atoms with Gasteiger partial charge in [0.05, 0.1) is 0 Å². The van der Waals surface area contributed by atoms with E-state index in [2.05, 4.69) is 37.3 Å². The van der Waals surface area contributed by atoms with Crippen LogP contribution in [0.15, 0.2) is 30.3 Å². The average Bonchev–Trinajstić information content (AvgIpc) is 2.30. The lowest BCUT2D eigenvalue weighted by Gasteiger charge is -2.16. The van der Waals surface area contributed by atoms with Crippen molar-refractivity contribution < 1.29 is 4.74 Å². The van der Waals surface area contributed by atoms with Crippen LogP contribution in [0.4, 0.5) is 0 Å². The Labute approximate surface area is 105 Å². The Morgan fingerprint density at radius 1 is 1.24 bits per heavy atom. The molecule has 2 nitrogen and oxygen atoms in total. The van der Waals surface area contributed by atoms with Gasteiger partial charge in [0.15, 0.2) is 0 Å². The molecular weight excluding hydrogens is 210 g/mol. The van der Waals surface area contributed by atoms with Crippen molar-refractivity contribution in [3.63, 3.8) is 0 Å². The highest BCUT2D eigenvalue weighted by atomic mass is 16.5. The van der Waals surface area contributed by atoms with Crippen molar-refractivity contribution in [1.29, 1.82) is 0 Å². The lowest BCUT2D eigenvalue weighted by molar-refractivity contribution is 0.151. The van der Waals surface area contributed by atoms with Gasteiger partial charge in [-0.3, -0.25) is 0 Å². The van der Waals surface area contributed by atoms with E-state index in [-0.39, 0.29) is 0 Å². The summed E-state index contributed by atoms with van der Waals surface area (Å²) in [5.74, 6) is 0.562. The molecule has 0 aliphatic heterocycles. The van der Waals surface area contributed by atoms with E-state index in [1.54, 1.807) is 7.11 Å². The second-order valence-electron chi connectivity index (χ2n) is 4.93. The molecule has 2 heteroatoms. The van der Waals surface area contributed by atoms with E-state index in [0.29, 0.717) is 12.0 Å². The topological polar surface area (TPSA) is 35.2 Å². The van der Waals surface area contributed by atoms with E-state index >= 15 is 0 Å². The largest absolute Gasteiger partial charge is 0.384 e. The molecule has 0 aliphatic carbocycles. The van der Waals surface area contributed by atoms with E-state index in [0.717, 1.165) is 25.9 Å². The number of hydrogen-bond acceptors (Lipinski definition) is 2. The predicted octanol–water partition coefficient (Wildman–Crippen LogP) is 3.01. The number of methoxy groups -OCH3 is 1. The maximum absolute atomic E-state index is 6.11. The maximum atomic E-state index is 6.11. The molecule has 0 heterocycles. The van der Waals surface area contributed by atoms with Crippen molar-refractivity contribution in [2.45, 2.75) is 38.6 Å². The Morgan fingerprint density at radius 3 is 2.59 bits per heavy atom. The molecule has 17 heavy (non-hydrogen) atoms. The average molecular weight is 235 g/mol. The minimum Gasteiger partial charge on any atom is -0.384 e. The van der Waals surface area contributed by atoms with Gasteiger partial charge in [0, 0.05) is 19.8 Å². The normalized spacial score (nSPS) is 14.5. The van der Waals surface area contributed by atoms with Crippen LogP contribution in [0.5, 0.6) is 0 Å².